The minimum absolute atomic E-state index is 0.688. The maximum atomic E-state index is 2.52. The Labute approximate surface area is 134 Å². The van der Waals surface area contributed by atoms with Crippen LogP contribution in [0.1, 0.15) is 92.9 Å². The summed E-state index contributed by atoms with van der Waals surface area (Å²) < 4.78 is 0. The number of hydrogen-bond donors (Lipinski definition) is 0. The van der Waals surface area contributed by atoms with E-state index in [1.807, 2.05) is 0 Å². The third-order valence-corrected chi connectivity index (χ3v) is 7.58. The van der Waals surface area contributed by atoms with Gasteiger partial charge in [-0.25, -0.2) is 0 Å². The summed E-state index contributed by atoms with van der Waals surface area (Å²) in [6, 6.07) is 0. The topological polar surface area (TPSA) is 0 Å². The molecule has 0 atom stereocenters. The average Bonchev–Trinajstić information content (AvgIpc) is 2.47. The first-order valence-corrected chi connectivity index (χ1v) is 9.86. The molecule has 0 heteroatoms. The monoisotopic (exact) mass is 292 g/mol. The molecule has 0 bridgehead atoms. The molecule has 0 heterocycles. The van der Waals surface area contributed by atoms with Crippen LogP contribution in [0.2, 0.25) is 0 Å². The molecule has 0 amide bonds. The summed E-state index contributed by atoms with van der Waals surface area (Å²) in [4.78, 5) is 0. The van der Waals surface area contributed by atoms with Gasteiger partial charge in [-0.1, -0.05) is 41.5 Å². The molecule has 0 aromatic heterocycles. The molecule has 0 radical (unpaired) electrons. The summed E-state index contributed by atoms with van der Waals surface area (Å²) >= 11 is 0. The van der Waals surface area contributed by atoms with E-state index in [4.69, 9.17) is 0 Å². The van der Waals surface area contributed by atoms with Crippen LogP contribution < -0.4 is 0 Å². The van der Waals surface area contributed by atoms with E-state index < -0.39 is 0 Å². The lowest BCUT2D eigenvalue weighted by Gasteiger charge is -2.51. The molecular formula is C21H40. The second kappa shape index (κ2) is 7.05. The van der Waals surface area contributed by atoms with Crippen LogP contribution in [0.25, 0.3) is 0 Å². The van der Waals surface area contributed by atoms with Gasteiger partial charge in [0.05, 0.1) is 0 Å². The maximum absolute atomic E-state index is 2.52. The smallest absolute Gasteiger partial charge is 0.0246 e. The van der Waals surface area contributed by atoms with Gasteiger partial charge in [0.15, 0.2) is 0 Å². The van der Waals surface area contributed by atoms with E-state index >= 15 is 0 Å². The molecule has 0 aromatic carbocycles. The van der Waals surface area contributed by atoms with Gasteiger partial charge in [-0.2, -0.15) is 0 Å². The van der Waals surface area contributed by atoms with Gasteiger partial charge in [-0.05, 0) is 92.3 Å². The fourth-order valence-corrected chi connectivity index (χ4v) is 5.66. The van der Waals surface area contributed by atoms with E-state index in [2.05, 4.69) is 41.5 Å². The van der Waals surface area contributed by atoms with Crippen molar-refractivity contribution in [3.05, 3.63) is 0 Å². The van der Waals surface area contributed by atoms with Gasteiger partial charge >= 0.3 is 0 Å². The molecule has 0 aliphatic heterocycles. The van der Waals surface area contributed by atoms with Crippen LogP contribution in [0, 0.1) is 40.9 Å². The fraction of sp³-hybridized carbons (Fsp3) is 1.00. The van der Waals surface area contributed by atoms with E-state index in [1.165, 1.54) is 51.4 Å². The van der Waals surface area contributed by atoms with Gasteiger partial charge < -0.3 is 0 Å². The Morgan fingerprint density at radius 2 is 1.05 bits per heavy atom. The zero-order chi connectivity index (χ0) is 15.6. The highest BCUT2D eigenvalue weighted by Gasteiger charge is 2.45. The predicted molar refractivity (Wildman–Crippen MR) is 94.4 cm³/mol. The Hall–Kier alpha value is 0. The molecule has 124 valence electrons. The quantitative estimate of drug-likeness (QED) is 0.526. The molecule has 0 aromatic rings. The van der Waals surface area contributed by atoms with Gasteiger partial charge in [0.1, 0.15) is 0 Å². The Morgan fingerprint density at radius 3 is 1.43 bits per heavy atom. The van der Waals surface area contributed by atoms with Gasteiger partial charge in [0.25, 0.3) is 0 Å². The zero-order valence-electron chi connectivity index (χ0n) is 15.6. The van der Waals surface area contributed by atoms with Crippen LogP contribution in [-0.2, 0) is 0 Å². The third-order valence-electron chi connectivity index (χ3n) is 7.58. The van der Waals surface area contributed by atoms with Gasteiger partial charge in [0, 0.05) is 0 Å². The predicted octanol–water partition coefficient (Wildman–Crippen LogP) is 6.94. The molecule has 2 fully saturated rings. The summed E-state index contributed by atoms with van der Waals surface area (Å²) in [6.07, 6.45) is 12.1. The van der Waals surface area contributed by atoms with Gasteiger partial charge in [-0.15, -0.1) is 0 Å². The zero-order valence-corrected chi connectivity index (χ0v) is 15.6. The van der Waals surface area contributed by atoms with Crippen molar-refractivity contribution in [2.45, 2.75) is 92.9 Å². The average molecular weight is 293 g/mol. The Balaban J connectivity index is 2.00. The highest BCUT2D eigenvalue weighted by Crippen LogP contribution is 2.55. The summed E-state index contributed by atoms with van der Waals surface area (Å²) in [7, 11) is 0. The summed E-state index contributed by atoms with van der Waals surface area (Å²) in [6.45, 7) is 14.8. The van der Waals surface area contributed by atoms with Crippen molar-refractivity contribution in [1.29, 1.82) is 0 Å². The summed E-state index contributed by atoms with van der Waals surface area (Å²) in [5.41, 5.74) is 0.688. The second-order valence-corrected chi connectivity index (χ2v) is 9.33. The molecule has 2 aliphatic carbocycles. The SMILES string of the molecule is CC(C)C1CCC(C2(C(C)C)CCC(C(C)C)CC2)CC1. The van der Waals surface area contributed by atoms with Crippen LogP contribution in [0.5, 0.6) is 0 Å². The standard InChI is InChI=1S/C21H40/c1-15(2)18-7-9-20(10-8-18)21(17(5)6)13-11-19(12-14-21)16(3)4/h15-20H,7-14H2,1-6H3. The van der Waals surface area contributed by atoms with Crippen molar-refractivity contribution < 1.29 is 0 Å². The lowest BCUT2D eigenvalue weighted by molar-refractivity contribution is -0.0127. The van der Waals surface area contributed by atoms with E-state index in [9.17, 15) is 0 Å². The number of rotatable bonds is 4. The van der Waals surface area contributed by atoms with Gasteiger partial charge in [-0.3, -0.25) is 0 Å². The molecule has 0 saturated heterocycles. The first kappa shape index (κ1) is 17.4. The normalized spacial score (nSPS) is 38.4. The first-order chi connectivity index (χ1) is 9.86. The molecule has 2 aliphatic rings. The minimum Gasteiger partial charge on any atom is -0.0625 e. The van der Waals surface area contributed by atoms with Crippen molar-refractivity contribution in [3.8, 4) is 0 Å². The molecule has 2 saturated carbocycles. The molecule has 0 N–H and O–H groups in total. The van der Waals surface area contributed by atoms with E-state index in [0.717, 1.165) is 35.5 Å². The second-order valence-electron chi connectivity index (χ2n) is 9.33. The molecule has 0 unspecified atom stereocenters. The molecule has 21 heavy (non-hydrogen) atoms. The van der Waals surface area contributed by atoms with Crippen LogP contribution in [-0.4, -0.2) is 0 Å². The summed E-state index contributed by atoms with van der Waals surface area (Å²) in [5.74, 6) is 5.72. The first-order valence-electron chi connectivity index (χ1n) is 9.86. The summed E-state index contributed by atoms with van der Waals surface area (Å²) in [5, 5.41) is 0. The Morgan fingerprint density at radius 1 is 0.619 bits per heavy atom. The molecule has 2 rings (SSSR count). The van der Waals surface area contributed by atoms with E-state index in [0.29, 0.717) is 5.41 Å². The molecule has 0 spiro atoms. The van der Waals surface area contributed by atoms with Crippen LogP contribution >= 0.6 is 0 Å². The highest BCUT2D eigenvalue weighted by molar-refractivity contribution is 4.95. The van der Waals surface area contributed by atoms with Crippen molar-refractivity contribution in [2.75, 3.05) is 0 Å². The Bertz CT molecular complexity index is 296. The van der Waals surface area contributed by atoms with E-state index in [-0.39, 0.29) is 0 Å². The maximum Gasteiger partial charge on any atom is -0.0246 e. The highest BCUT2D eigenvalue weighted by atomic mass is 14.5. The van der Waals surface area contributed by atoms with Crippen LogP contribution in [0.3, 0.4) is 0 Å². The van der Waals surface area contributed by atoms with E-state index in [1.54, 1.807) is 0 Å². The largest absolute Gasteiger partial charge is 0.0625 e. The van der Waals surface area contributed by atoms with Crippen molar-refractivity contribution >= 4 is 0 Å². The Kier molecular flexibility index (Phi) is 5.83. The number of hydrogen-bond acceptors (Lipinski definition) is 0. The molecular weight excluding hydrogens is 252 g/mol. The van der Waals surface area contributed by atoms with Crippen molar-refractivity contribution in [2.24, 2.45) is 40.9 Å². The van der Waals surface area contributed by atoms with Crippen molar-refractivity contribution in [3.63, 3.8) is 0 Å². The van der Waals surface area contributed by atoms with Crippen LogP contribution in [0.15, 0.2) is 0 Å². The lowest BCUT2D eigenvalue weighted by Crippen LogP contribution is -2.42. The molecule has 0 nitrogen and oxygen atoms in total. The minimum atomic E-state index is 0.688. The van der Waals surface area contributed by atoms with Crippen LogP contribution in [0.4, 0.5) is 0 Å². The van der Waals surface area contributed by atoms with Crippen molar-refractivity contribution in [1.82, 2.24) is 0 Å². The lowest BCUT2D eigenvalue weighted by atomic mass is 9.54. The fourth-order valence-electron chi connectivity index (χ4n) is 5.66. The van der Waals surface area contributed by atoms with Gasteiger partial charge in [0.2, 0.25) is 0 Å². The third kappa shape index (κ3) is 3.67.